The van der Waals surface area contributed by atoms with Crippen molar-refractivity contribution >= 4 is 28.5 Å². The third-order valence-corrected chi connectivity index (χ3v) is 4.21. The van der Waals surface area contributed by atoms with Gasteiger partial charge < -0.3 is 5.32 Å². The van der Waals surface area contributed by atoms with E-state index in [1.165, 1.54) is 10.5 Å². The van der Waals surface area contributed by atoms with Crippen LogP contribution in [0.3, 0.4) is 0 Å². The van der Waals surface area contributed by atoms with Crippen LogP contribution in [0, 0.1) is 0 Å². The summed E-state index contributed by atoms with van der Waals surface area (Å²) in [5.41, 5.74) is 4.16. The van der Waals surface area contributed by atoms with Gasteiger partial charge in [0.15, 0.2) is 0 Å². The topological polar surface area (TPSA) is 37.8 Å². The van der Waals surface area contributed by atoms with E-state index in [1.54, 1.807) is 24.2 Å². The Morgan fingerprint density at radius 2 is 1.67 bits per heavy atom. The first kappa shape index (κ1) is 13.9. The van der Waals surface area contributed by atoms with Gasteiger partial charge in [0.25, 0.3) is 0 Å². The molecule has 3 aromatic rings. The van der Waals surface area contributed by atoms with Crippen LogP contribution < -0.4 is 5.32 Å². The van der Waals surface area contributed by atoms with E-state index in [1.807, 2.05) is 18.2 Å². The maximum Gasteiger partial charge on any atom is 0.0907 e. The molecule has 1 atom stereocenters. The Balaban J connectivity index is 1.79. The molecular weight excluding hydrogens is 278 g/mol. The van der Waals surface area contributed by atoms with Crippen LogP contribution in [0.15, 0.2) is 59.8 Å². The lowest BCUT2D eigenvalue weighted by atomic mass is 10.1. The minimum atomic E-state index is 0.245. The van der Waals surface area contributed by atoms with Crippen molar-refractivity contribution in [3.8, 4) is 0 Å². The molecule has 1 N–H and O–H groups in total. The normalized spacial score (nSPS) is 12.3. The van der Waals surface area contributed by atoms with Gasteiger partial charge in [0.2, 0.25) is 0 Å². The summed E-state index contributed by atoms with van der Waals surface area (Å²) in [6.07, 6.45) is 5.52. The molecule has 1 aromatic heterocycles. The van der Waals surface area contributed by atoms with Crippen LogP contribution in [-0.2, 0) is 0 Å². The Hall–Kier alpha value is -2.07. The van der Waals surface area contributed by atoms with Crippen molar-refractivity contribution < 1.29 is 0 Å². The molecule has 0 fully saturated rings. The van der Waals surface area contributed by atoms with Crippen LogP contribution in [-0.4, -0.2) is 16.2 Å². The first-order valence-electron chi connectivity index (χ1n) is 6.87. The Morgan fingerprint density at radius 1 is 0.952 bits per heavy atom. The van der Waals surface area contributed by atoms with E-state index in [2.05, 4.69) is 52.7 Å². The van der Waals surface area contributed by atoms with Gasteiger partial charge in [-0.2, -0.15) is 0 Å². The first-order valence-corrected chi connectivity index (χ1v) is 8.10. The smallest absolute Gasteiger partial charge is 0.0907 e. The van der Waals surface area contributed by atoms with E-state index in [4.69, 9.17) is 0 Å². The minimum Gasteiger partial charge on any atom is -0.378 e. The third kappa shape index (κ3) is 3.16. The molecule has 0 aliphatic rings. The lowest BCUT2D eigenvalue weighted by molar-refractivity contribution is 0.883. The highest BCUT2D eigenvalue weighted by Gasteiger charge is 2.06. The Labute approximate surface area is 128 Å². The number of rotatable bonds is 4. The second-order valence-corrected chi connectivity index (χ2v) is 5.78. The highest BCUT2D eigenvalue weighted by Crippen LogP contribution is 2.23. The van der Waals surface area contributed by atoms with Gasteiger partial charge in [-0.15, -0.1) is 11.8 Å². The number of fused-ring (bicyclic) bond motifs is 1. The maximum absolute atomic E-state index is 4.34. The monoisotopic (exact) mass is 295 g/mol. The lowest BCUT2D eigenvalue weighted by Crippen LogP contribution is -2.06. The number of benzene rings is 2. The van der Waals surface area contributed by atoms with Crippen LogP contribution in [0.25, 0.3) is 11.0 Å². The molecule has 0 amide bonds. The number of thioether (sulfide) groups is 1. The highest BCUT2D eigenvalue weighted by atomic mass is 32.2. The fraction of sp³-hybridized carbons (Fsp3) is 0.176. The molecule has 4 heteroatoms. The van der Waals surface area contributed by atoms with Crippen LogP contribution in [0.4, 0.5) is 5.69 Å². The summed E-state index contributed by atoms with van der Waals surface area (Å²) in [7, 11) is 0. The predicted molar refractivity (Wildman–Crippen MR) is 89.8 cm³/mol. The molecule has 0 bridgehead atoms. The summed E-state index contributed by atoms with van der Waals surface area (Å²) in [6, 6.07) is 15.0. The Bertz CT molecular complexity index is 740. The molecule has 0 saturated carbocycles. The molecule has 21 heavy (non-hydrogen) atoms. The van der Waals surface area contributed by atoms with Crippen LogP contribution >= 0.6 is 11.8 Å². The van der Waals surface area contributed by atoms with Crippen molar-refractivity contribution in [2.45, 2.75) is 17.9 Å². The van der Waals surface area contributed by atoms with Gasteiger partial charge in [0.1, 0.15) is 0 Å². The summed E-state index contributed by atoms with van der Waals surface area (Å²) in [6.45, 7) is 2.16. The van der Waals surface area contributed by atoms with Gasteiger partial charge in [0.05, 0.1) is 11.0 Å². The van der Waals surface area contributed by atoms with E-state index in [-0.39, 0.29) is 6.04 Å². The Kier molecular flexibility index (Phi) is 4.06. The van der Waals surface area contributed by atoms with Gasteiger partial charge in [-0.25, -0.2) is 0 Å². The summed E-state index contributed by atoms with van der Waals surface area (Å²) in [5.74, 6) is 0. The van der Waals surface area contributed by atoms with Crippen molar-refractivity contribution in [2.24, 2.45) is 0 Å². The number of anilines is 1. The molecule has 1 unspecified atom stereocenters. The molecule has 3 nitrogen and oxygen atoms in total. The summed E-state index contributed by atoms with van der Waals surface area (Å²) < 4.78 is 0. The molecule has 0 saturated heterocycles. The van der Waals surface area contributed by atoms with Crippen LogP contribution in [0.2, 0.25) is 0 Å². The third-order valence-electron chi connectivity index (χ3n) is 3.47. The zero-order valence-corrected chi connectivity index (χ0v) is 12.9. The van der Waals surface area contributed by atoms with E-state index >= 15 is 0 Å². The van der Waals surface area contributed by atoms with Crippen molar-refractivity contribution in [1.29, 1.82) is 0 Å². The standard InChI is InChI=1S/C17H17N3S/c1-12(13-3-6-15(21-2)7-4-13)20-14-5-8-16-17(11-14)19-10-9-18-16/h3-12,20H,1-2H3. The lowest BCUT2D eigenvalue weighted by Gasteiger charge is -2.16. The van der Waals surface area contributed by atoms with Crippen LogP contribution in [0.1, 0.15) is 18.5 Å². The SMILES string of the molecule is CSc1ccc(C(C)Nc2ccc3nccnc3c2)cc1. The van der Waals surface area contributed by atoms with E-state index in [0.717, 1.165) is 16.7 Å². The average molecular weight is 295 g/mol. The number of hydrogen-bond donors (Lipinski definition) is 1. The molecule has 3 rings (SSSR count). The second-order valence-electron chi connectivity index (χ2n) is 4.90. The highest BCUT2D eigenvalue weighted by molar-refractivity contribution is 7.98. The van der Waals surface area contributed by atoms with Crippen LogP contribution in [0.5, 0.6) is 0 Å². The molecule has 0 aliphatic heterocycles. The van der Waals surface area contributed by atoms with Crippen molar-refractivity contribution in [3.63, 3.8) is 0 Å². The van der Waals surface area contributed by atoms with Gasteiger partial charge >= 0.3 is 0 Å². The molecule has 0 aliphatic carbocycles. The van der Waals surface area contributed by atoms with Crippen molar-refractivity contribution in [1.82, 2.24) is 9.97 Å². The number of aromatic nitrogens is 2. The average Bonchev–Trinajstić information content (AvgIpc) is 2.55. The summed E-state index contributed by atoms with van der Waals surface area (Å²) in [5, 5.41) is 3.51. The molecule has 106 valence electrons. The van der Waals surface area contributed by atoms with Gasteiger partial charge in [0, 0.05) is 29.0 Å². The molecule has 0 spiro atoms. The number of nitrogens with zero attached hydrogens (tertiary/aromatic N) is 2. The number of nitrogens with one attached hydrogen (secondary N) is 1. The quantitative estimate of drug-likeness (QED) is 0.718. The number of hydrogen-bond acceptors (Lipinski definition) is 4. The fourth-order valence-electron chi connectivity index (χ4n) is 2.28. The van der Waals surface area contributed by atoms with Gasteiger partial charge in [-0.1, -0.05) is 12.1 Å². The zero-order chi connectivity index (χ0) is 14.7. The minimum absolute atomic E-state index is 0.245. The van der Waals surface area contributed by atoms with E-state index in [9.17, 15) is 0 Å². The van der Waals surface area contributed by atoms with E-state index in [0.29, 0.717) is 0 Å². The maximum atomic E-state index is 4.34. The summed E-state index contributed by atoms with van der Waals surface area (Å²) >= 11 is 1.76. The molecule has 2 aromatic carbocycles. The molecule has 1 heterocycles. The fourth-order valence-corrected chi connectivity index (χ4v) is 2.69. The summed E-state index contributed by atoms with van der Waals surface area (Å²) in [4.78, 5) is 9.91. The largest absolute Gasteiger partial charge is 0.378 e. The van der Waals surface area contributed by atoms with Gasteiger partial charge in [-0.05, 0) is 49.1 Å². The van der Waals surface area contributed by atoms with Crippen molar-refractivity contribution in [3.05, 3.63) is 60.4 Å². The molecule has 0 radical (unpaired) electrons. The second kappa shape index (κ2) is 6.14. The van der Waals surface area contributed by atoms with E-state index < -0.39 is 0 Å². The first-order chi connectivity index (χ1) is 10.3. The zero-order valence-electron chi connectivity index (χ0n) is 12.1. The van der Waals surface area contributed by atoms with Crippen molar-refractivity contribution in [2.75, 3.05) is 11.6 Å². The Morgan fingerprint density at radius 3 is 2.38 bits per heavy atom. The molecular formula is C17H17N3S. The predicted octanol–water partition coefficient (Wildman–Crippen LogP) is 4.52. The van der Waals surface area contributed by atoms with Gasteiger partial charge in [-0.3, -0.25) is 9.97 Å².